The van der Waals surface area contributed by atoms with Crippen molar-refractivity contribution in [3.05, 3.63) is 60.9 Å². The van der Waals surface area contributed by atoms with Gasteiger partial charge in [0.15, 0.2) is 15.0 Å². The molecule has 0 saturated heterocycles. The molecule has 2 aromatic carbocycles. The topological polar surface area (TPSA) is 81.2 Å². The summed E-state index contributed by atoms with van der Waals surface area (Å²) in [4.78, 5) is 9.06. The van der Waals surface area contributed by atoms with E-state index in [4.69, 9.17) is 4.74 Å². The van der Waals surface area contributed by atoms with Gasteiger partial charge < -0.3 is 10.1 Å². The van der Waals surface area contributed by atoms with E-state index in [9.17, 15) is 8.42 Å². The van der Waals surface area contributed by atoms with Gasteiger partial charge >= 0.3 is 0 Å². The van der Waals surface area contributed by atoms with Crippen LogP contribution in [0, 0.1) is 0 Å². The zero-order valence-electron chi connectivity index (χ0n) is 15.2. The first-order valence-corrected chi connectivity index (χ1v) is 11.1. The van der Waals surface area contributed by atoms with Crippen LogP contribution in [0.15, 0.2) is 65.8 Å². The van der Waals surface area contributed by atoms with Gasteiger partial charge in [-0.1, -0.05) is 23.5 Å². The first-order valence-electron chi connectivity index (χ1n) is 8.39. The number of methoxy groups -OCH3 is 1. The lowest BCUT2D eigenvalue weighted by Gasteiger charge is -2.04. The number of sulfone groups is 1. The van der Waals surface area contributed by atoms with Crippen molar-refractivity contribution in [2.45, 2.75) is 4.90 Å². The number of ether oxygens (including phenoxy) is 1. The van der Waals surface area contributed by atoms with Crippen LogP contribution in [-0.4, -0.2) is 31.8 Å². The molecular formula is C20H17N3O3S2. The Morgan fingerprint density at radius 3 is 2.68 bits per heavy atom. The highest BCUT2D eigenvalue weighted by atomic mass is 32.2. The number of hydrogen-bond acceptors (Lipinski definition) is 7. The second kappa shape index (κ2) is 7.21. The highest BCUT2D eigenvalue weighted by molar-refractivity contribution is 7.90. The number of anilines is 2. The quantitative estimate of drug-likeness (QED) is 0.520. The summed E-state index contributed by atoms with van der Waals surface area (Å²) in [6.45, 7) is 0. The molecule has 6 nitrogen and oxygen atoms in total. The van der Waals surface area contributed by atoms with E-state index in [2.05, 4.69) is 21.4 Å². The first kappa shape index (κ1) is 18.4. The van der Waals surface area contributed by atoms with E-state index in [0.717, 1.165) is 21.3 Å². The van der Waals surface area contributed by atoms with Crippen molar-refractivity contribution in [1.82, 2.24) is 9.97 Å². The van der Waals surface area contributed by atoms with Crippen LogP contribution in [0.3, 0.4) is 0 Å². The molecule has 0 radical (unpaired) electrons. The van der Waals surface area contributed by atoms with Crippen LogP contribution in [0.2, 0.25) is 0 Å². The van der Waals surface area contributed by atoms with E-state index >= 15 is 0 Å². The Hall–Kier alpha value is -2.97. The van der Waals surface area contributed by atoms with E-state index in [-0.39, 0.29) is 4.90 Å². The van der Waals surface area contributed by atoms with Gasteiger partial charge in [-0.3, -0.25) is 4.98 Å². The molecule has 4 rings (SSSR count). The summed E-state index contributed by atoms with van der Waals surface area (Å²) in [5.74, 6) is 0.704. The number of benzene rings is 2. The summed E-state index contributed by atoms with van der Waals surface area (Å²) in [5, 5.41) is 3.89. The number of nitrogens with zero attached hydrogens (tertiary/aromatic N) is 2. The van der Waals surface area contributed by atoms with Crippen molar-refractivity contribution in [3.8, 4) is 16.9 Å². The van der Waals surface area contributed by atoms with Crippen molar-refractivity contribution in [2.24, 2.45) is 0 Å². The van der Waals surface area contributed by atoms with Gasteiger partial charge in [-0.15, -0.1) is 0 Å². The van der Waals surface area contributed by atoms with Gasteiger partial charge in [0.25, 0.3) is 0 Å². The smallest absolute Gasteiger partial charge is 0.188 e. The van der Waals surface area contributed by atoms with E-state index in [1.165, 1.54) is 17.6 Å². The van der Waals surface area contributed by atoms with Crippen LogP contribution in [0.25, 0.3) is 21.3 Å². The predicted octanol–water partition coefficient (Wildman–Crippen LogP) is 4.51. The minimum Gasteiger partial charge on any atom is -0.495 e. The maximum Gasteiger partial charge on any atom is 0.188 e. The largest absolute Gasteiger partial charge is 0.495 e. The third-order valence-corrected chi connectivity index (χ3v) is 6.23. The molecule has 0 saturated carbocycles. The summed E-state index contributed by atoms with van der Waals surface area (Å²) >= 11 is 1.50. The fraction of sp³-hybridized carbons (Fsp3) is 0.100. The van der Waals surface area contributed by atoms with Gasteiger partial charge in [0.05, 0.1) is 28.4 Å². The van der Waals surface area contributed by atoms with E-state index in [0.29, 0.717) is 16.6 Å². The van der Waals surface area contributed by atoms with E-state index < -0.39 is 9.84 Å². The Morgan fingerprint density at radius 1 is 1.04 bits per heavy atom. The third-order valence-electron chi connectivity index (χ3n) is 4.18. The van der Waals surface area contributed by atoms with Crippen molar-refractivity contribution in [1.29, 1.82) is 0 Å². The fourth-order valence-corrected chi connectivity index (χ4v) is 4.37. The van der Waals surface area contributed by atoms with Gasteiger partial charge in [0.1, 0.15) is 5.75 Å². The minimum absolute atomic E-state index is 0.270. The van der Waals surface area contributed by atoms with Crippen LogP contribution in [-0.2, 0) is 9.84 Å². The number of fused-ring (bicyclic) bond motifs is 1. The second-order valence-electron chi connectivity index (χ2n) is 6.24. The van der Waals surface area contributed by atoms with Crippen LogP contribution < -0.4 is 10.1 Å². The standard InChI is InChI=1S/C20H17N3O3S2/c1-26-16-8-14(11-21-12-16)13-6-7-18-19(9-13)27-20(23-18)22-15-4-3-5-17(10-15)28(2,24)25/h3-12H,1-2H3,(H,22,23). The van der Waals surface area contributed by atoms with Gasteiger partial charge in [0.2, 0.25) is 0 Å². The molecule has 0 unspecified atom stereocenters. The first-order chi connectivity index (χ1) is 13.4. The third kappa shape index (κ3) is 3.83. The minimum atomic E-state index is -3.26. The Bertz CT molecular complexity index is 1270. The zero-order valence-corrected chi connectivity index (χ0v) is 16.8. The highest BCUT2D eigenvalue weighted by Gasteiger charge is 2.10. The van der Waals surface area contributed by atoms with E-state index in [1.807, 2.05) is 24.3 Å². The number of pyridine rings is 1. The number of aromatic nitrogens is 2. The summed E-state index contributed by atoms with van der Waals surface area (Å²) in [6, 6.07) is 14.6. The molecule has 0 bridgehead atoms. The molecule has 8 heteroatoms. The number of rotatable bonds is 5. The van der Waals surface area contributed by atoms with Crippen molar-refractivity contribution >= 4 is 42.2 Å². The second-order valence-corrected chi connectivity index (χ2v) is 9.29. The lowest BCUT2D eigenvalue weighted by atomic mass is 10.1. The molecule has 1 N–H and O–H groups in total. The SMILES string of the molecule is COc1cncc(-c2ccc3nc(Nc4cccc(S(C)(=O)=O)c4)sc3c2)c1. The molecule has 0 amide bonds. The van der Waals surface area contributed by atoms with Gasteiger partial charge in [-0.05, 0) is 42.0 Å². The summed E-state index contributed by atoms with van der Waals surface area (Å²) in [5.41, 5.74) is 3.53. The lowest BCUT2D eigenvalue weighted by Crippen LogP contribution is -1.98. The Morgan fingerprint density at radius 2 is 1.89 bits per heavy atom. The molecule has 0 fully saturated rings. The van der Waals surface area contributed by atoms with Crippen molar-refractivity contribution in [3.63, 3.8) is 0 Å². The Balaban J connectivity index is 1.65. The highest BCUT2D eigenvalue weighted by Crippen LogP contribution is 2.32. The van der Waals surface area contributed by atoms with E-state index in [1.54, 1.807) is 37.7 Å². The summed E-state index contributed by atoms with van der Waals surface area (Å²) in [6.07, 6.45) is 4.65. The normalized spacial score (nSPS) is 11.5. The monoisotopic (exact) mass is 411 g/mol. The maximum atomic E-state index is 11.7. The molecule has 0 spiro atoms. The van der Waals surface area contributed by atoms with Crippen molar-refractivity contribution in [2.75, 3.05) is 18.7 Å². The van der Waals surface area contributed by atoms with Gasteiger partial charge in [-0.2, -0.15) is 0 Å². The molecule has 4 aromatic rings. The molecule has 0 atom stereocenters. The maximum absolute atomic E-state index is 11.7. The summed E-state index contributed by atoms with van der Waals surface area (Å²) in [7, 11) is -1.64. The van der Waals surface area contributed by atoms with Crippen LogP contribution >= 0.6 is 11.3 Å². The van der Waals surface area contributed by atoms with Crippen molar-refractivity contribution < 1.29 is 13.2 Å². The lowest BCUT2D eigenvalue weighted by molar-refractivity contribution is 0.413. The Labute approximate surface area is 166 Å². The van der Waals surface area contributed by atoms with Gasteiger partial charge in [0, 0.05) is 23.7 Å². The Kier molecular flexibility index (Phi) is 4.74. The number of hydrogen-bond donors (Lipinski definition) is 1. The van der Waals surface area contributed by atoms with Crippen LogP contribution in [0.4, 0.5) is 10.8 Å². The molecule has 0 aliphatic heterocycles. The average Bonchev–Trinajstić information content (AvgIpc) is 3.09. The molecule has 0 aliphatic carbocycles. The number of thiazole rings is 1. The van der Waals surface area contributed by atoms with Gasteiger partial charge in [-0.25, -0.2) is 13.4 Å². The molecule has 142 valence electrons. The van der Waals surface area contributed by atoms with Crippen LogP contribution in [0.1, 0.15) is 0 Å². The molecule has 28 heavy (non-hydrogen) atoms. The molecule has 2 heterocycles. The summed E-state index contributed by atoms with van der Waals surface area (Å²) < 4.78 is 29.7. The molecular weight excluding hydrogens is 394 g/mol. The average molecular weight is 412 g/mol. The zero-order chi connectivity index (χ0) is 19.7. The molecule has 0 aliphatic rings. The number of nitrogens with one attached hydrogen (secondary N) is 1. The van der Waals surface area contributed by atoms with Crippen LogP contribution in [0.5, 0.6) is 5.75 Å². The molecule has 2 aromatic heterocycles. The fourth-order valence-electron chi connectivity index (χ4n) is 2.77. The predicted molar refractivity (Wildman–Crippen MR) is 112 cm³/mol.